The molecule has 0 spiro atoms. The van der Waals surface area contributed by atoms with Crippen LogP contribution in [0.1, 0.15) is 66.2 Å². The van der Waals surface area contributed by atoms with E-state index in [4.69, 9.17) is 9.90 Å². The second-order valence-corrected chi connectivity index (χ2v) is 11.1. The monoisotopic (exact) mass is 333 g/mol. The van der Waals surface area contributed by atoms with Gasteiger partial charge >= 0.3 is 0 Å². The van der Waals surface area contributed by atoms with Crippen molar-refractivity contribution in [2.75, 3.05) is 45.3 Å². The maximum absolute atomic E-state index is 8.89. The fourth-order valence-electron chi connectivity index (χ4n) is 2.56. The van der Waals surface area contributed by atoms with Crippen molar-refractivity contribution in [3.05, 3.63) is 0 Å². The topological polar surface area (TPSA) is 43.4 Å². The zero-order valence-corrected chi connectivity index (χ0v) is 16.9. The Hall–Kier alpha value is -0.140. The van der Waals surface area contributed by atoms with Crippen LogP contribution in [0.5, 0.6) is 0 Å². The fraction of sp³-hybridized carbons (Fsp3) is 0.944. The van der Waals surface area contributed by atoms with Crippen molar-refractivity contribution in [2.24, 2.45) is 0 Å². The molecule has 0 atom stereocenters. The first kappa shape index (κ1) is 24.1. The summed E-state index contributed by atoms with van der Waals surface area (Å²) in [4.78, 5) is 11.3. The van der Waals surface area contributed by atoms with E-state index in [1.54, 1.807) is 18.5 Å². The van der Waals surface area contributed by atoms with E-state index >= 15 is 0 Å². The second kappa shape index (κ2) is 15.7. The predicted octanol–water partition coefficient (Wildman–Crippen LogP) is 3.72. The molecule has 0 aliphatic rings. The van der Waals surface area contributed by atoms with Crippen molar-refractivity contribution in [3.8, 4) is 0 Å². The summed E-state index contributed by atoms with van der Waals surface area (Å²) >= 11 is 0. The van der Waals surface area contributed by atoms with Crippen molar-refractivity contribution in [2.45, 2.75) is 66.2 Å². The van der Waals surface area contributed by atoms with Crippen LogP contribution >= 0.6 is 7.26 Å². The molecule has 0 aliphatic carbocycles. The highest BCUT2D eigenvalue weighted by atomic mass is 31.2. The summed E-state index contributed by atoms with van der Waals surface area (Å²) in [6.07, 6.45) is 14.7. The molecule has 0 heterocycles. The third kappa shape index (κ3) is 16.2. The molecule has 4 heteroatoms. The average molecular weight is 333 g/mol. The molecular weight excluding hydrogens is 293 g/mol. The van der Waals surface area contributed by atoms with Crippen molar-refractivity contribution in [1.82, 2.24) is 4.90 Å². The number of carbonyl (C=O) groups excluding carboxylic acids is 1. The van der Waals surface area contributed by atoms with E-state index in [2.05, 4.69) is 39.8 Å². The van der Waals surface area contributed by atoms with E-state index in [1.807, 2.05) is 0 Å². The number of nitrogens with zero attached hydrogens (tertiary/aromatic N) is 1. The van der Waals surface area contributed by atoms with Gasteiger partial charge < -0.3 is 14.8 Å². The lowest BCUT2D eigenvalue weighted by atomic mass is 10.4. The molecule has 0 aromatic carbocycles. The summed E-state index contributed by atoms with van der Waals surface area (Å²) in [5.74, 6) is -1.08. The van der Waals surface area contributed by atoms with Gasteiger partial charge in [0.1, 0.15) is 0 Å². The van der Waals surface area contributed by atoms with Gasteiger partial charge in [-0.25, -0.2) is 0 Å². The number of carbonyl (C=O) groups is 1. The van der Waals surface area contributed by atoms with E-state index in [9.17, 15) is 0 Å². The number of rotatable bonds is 12. The quantitative estimate of drug-likeness (QED) is 0.511. The molecular formula is C18H40NO2P. The fourth-order valence-corrected chi connectivity index (χ4v) is 7.69. The van der Waals surface area contributed by atoms with Gasteiger partial charge in [-0.2, -0.15) is 0 Å². The van der Waals surface area contributed by atoms with Gasteiger partial charge in [-0.1, -0.05) is 40.0 Å². The van der Waals surface area contributed by atoms with Crippen LogP contribution in [0.25, 0.3) is 0 Å². The van der Waals surface area contributed by atoms with Gasteiger partial charge in [-0.3, -0.25) is 0 Å². The van der Waals surface area contributed by atoms with Crippen LogP contribution in [-0.2, 0) is 4.79 Å². The van der Waals surface area contributed by atoms with E-state index in [0.29, 0.717) is 0 Å². The molecule has 0 bridgehead atoms. The lowest BCUT2D eigenvalue weighted by Crippen LogP contribution is -2.22. The summed E-state index contributed by atoms with van der Waals surface area (Å²) in [7, 11) is 3.82. The number of hydrogen-bond donors (Lipinski definition) is 0. The summed E-state index contributed by atoms with van der Waals surface area (Å²) in [5.41, 5.74) is 0. The van der Waals surface area contributed by atoms with Crippen LogP contribution in [0, 0.1) is 0 Å². The first-order valence-corrected chi connectivity index (χ1v) is 11.5. The molecule has 0 aliphatic heterocycles. The van der Waals surface area contributed by atoms with Gasteiger partial charge in [-0.15, -0.1) is 0 Å². The Morgan fingerprint density at radius 2 is 1.18 bits per heavy atom. The number of hydrogen-bond acceptors (Lipinski definition) is 3. The SMILES string of the molecule is CC(=O)[O-].CCCC[P+](CCCC)(CCCC)CCN(C)C. The van der Waals surface area contributed by atoms with Crippen molar-refractivity contribution >= 4 is 13.2 Å². The minimum Gasteiger partial charge on any atom is -0.550 e. The molecule has 0 aromatic heterocycles. The molecule has 0 unspecified atom stereocenters. The van der Waals surface area contributed by atoms with E-state index in [-0.39, 0.29) is 0 Å². The molecule has 0 saturated carbocycles. The van der Waals surface area contributed by atoms with Crippen LogP contribution in [-0.4, -0.2) is 56.2 Å². The summed E-state index contributed by atoms with van der Waals surface area (Å²) < 4.78 is 0. The Balaban J connectivity index is 0. The number of carboxylic acid groups (broad SMARTS) is 1. The lowest BCUT2D eigenvalue weighted by molar-refractivity contribution is -0.302. The van der Waals surface area contributed by atoms with E-state index in [0.717, 1.165) is 6.92 Å². The molecule has 3 nitrogen and oxygen atoms in total. The molecule has 22 heavy (non-hydrogen) atoms. The standard InChI is InChI=1S/C16H37NP.C2H4O2/c1-6-9-13-18(14-10-7-2,15-11-8-3)16-12-17(4)5;1-2(3)4/h6-16H2,1-5H3;1H3,(H,3,4)/q+1;/p-1. The third-order valence-corrected chi connectivity index (χ3v) is 8.92. The summed E-state index contributed by atoms with van der Waals surface area (Å²) in [5, 5.41) is 8.89. The first-order valence-electron chi connectivity index (χ1n) is 9.01. The minimum absolute atomic E-state index is 0.641. The highest BCUT2D eigenvalue weighted by molar-refractivity contribution is 7.75. The van der Waals surface area contributed by atoms with Crippen LogP contribution in [0.4, 0.5) is 0 Å². The Kier molecular flexibility index (Phi) is 17.3. The molecule has 0 N–H and O–H groups in total. The van der Waals surface area contributed by atoms with Gasteiger partial charge in [0.15, 0.2) is 0 Å². The second-order valence-electron chi connectivity index (χ2n) is 6.59. The van der Waals surface area contributed by atoms with Crippen LogP contribution in [0.15, 0.2) is 0 Å². The molecule has 0 rings (SSSR count). The molecule has 0 aromatic rings. The van der Waals surface area contributed by atoms with Crippen molar-refractivity contribution in [3.63, 3.8) is 0 Å². The number of carboxylic acids is 1. The van der Waals surface area contributed by atoms with Crippen LogP contribution in [0.3, 0.4) is 0 Å². The minimum atomic E-state index is -1.08. The van der Waals surface area contributed by atoms with Gasteiger partial charge in [0.25, 0.3) is 0 Å². The Morgan fingerprint density at radius 1 is 0.864 bits per heavy atom. The van der Waals surface area contributed by atoms with Gasteiger partial charge in [0.2, 0.25) is 0 Å². The van der Waals surface area contributed by atoms with Crippen molar-refractivity contribution in [1.29, 1.82) is 0 Å². The Labute approximate surface area is 140 Å². The Bertz CT molecular complexity index is 232. The summed E-state index contributed by atoms with van der Waals surface area (Å²) in [6, 6.07) is 0. The normalized spacial score (nSPS) is 11.2. The third-order valence-electron chi connectivity index (χ3n) is 3.98. The van der Waals surface area contributed by atoms with Gasteiger partial charge in [-0.05, 0) is 40.3 Å². The predicted molar refractivity (Wildman–Crippen MR) is 100 cm³/mol. The molecule has 0 amide bonds. The van der Waals surface area contributed by atoms with Crippen LogP contribution < -0.4 is 5.11 Å². The maximum Gasteiger partial charge on any atom is 0.0721 e. The van der Waals surface area contributed by atoms with E-state index in [1.165, 1.54) is 51.2 Å². The average Bonchev–Trinajstić information content (AvgIpc) is 2.45. The molecule has 134 valence electrons. The lowest BCUT2D eigenvalue weighted by Gasteiger charge is -2.29. The van der Waals surface area contributed by atoms with Crippen LogP contribution in [0.2, 0.25) is 0 Å². The maximum atomic E-state index is 8.89. The molecule has 0 fully saturated rings. The highest BCUT2D eigenvalue weighted by Crippen LogP contribution is 2.60. The van der Waals surface area contributed by atoms with Crippen molar-refractivity contribution < 1.29 is 9.90 Å². The zero-order valence-electron chi connectivity index (χ0n) is 16.0. The Morgan fingerprint density at radius 3 is 1.41 bits per heavy atom. The van der Waals surface area contributed by atoms with E-state index < -0.39 is 13.2 Å². The molecule has 0 radical (unpaired) electrons. The first-order chi connectivity index (χ1) is 10.3. The molecule has 0 saturated heterocycles. The van der Waals surface area contributed by atoms with Gasteiger partial charge in [0, 0.05) is 19.8 Å². The van der Waals surface area contributed by atoms with Gasteiger partial charge in [0.05, 0.1) is 24.6 Å². The zero-order chi connectivity index (χ0) is 17.4. The highest BCUT2D eigenvalue weighted by Gasteiger charge is 2.34. The number of aliphatic carboxylic acids is 1. The smallest absolute Gasteiger partial charge is 0.0721 e. The number of unbranched alkanes of at least 4 members (excludes halogenated alkanes) is 3. The largest absolute Gasteiger partial charge is 0.550 e. The summed E-state index contributed by atoms with van der Waals surface area (Å²) in [6.45, 7) is 9.33.